The summed E-state index contributed by atoms with van der Waals surface area (Å²) in [5, 5.41) is 0.390. The SMILES string of the molecule is NNC(=O)Cc1cc(Cl)ccc1F. The molecule has 3 nitrogen and oxygen atoms in total. The molecule has 13 heavy (non-hydrogen) atoms. The molecule has 1 aromatic rings. The van der Waals surface area contributed by atoms with E-state index >= 15 is 0 Å². The van der Waals surface area contributed by atoms with Gasteiger partial charge in [0.05, 0.1) is 6.42 Å². The average molecular weight is 203 g/mol. The number of halogens is 2. The van der Waals surface area contributed by atoms with Crippen molar-refractivity contribution >= 4 is 17.5 Å². The Morgan fingerprint density at radius 3 is 2.92 bits per heavy atom. The van der Waals surface area contributed by atoms with Gasteiger partial charge in [0.2, 0.25) is 5.91 Å². The largest absolute Gasteiger partial charge is 0.294 e. The lowest BCUT2D eigenvalue weighted by Crippen LogP contribution is -2.31. The number of amides is 1. The Morgan fingerprint density at radius 1 is 1.62 bits per heavy atom. The first kappa shape index (κ1) is 9.95. The predicted octanol–water partition coefficient (Wildman–Crippen LogP) is 1.01. The first-order valence-corrected chi connectivity index (χ1v) is 3.94. The number of nitrogens with two attached hydrogens (primary N) is 1. The van der Waals surface area contributed by atoms with Crippen molar-refractivity contribution in [1.82, 2.24) is 5.43 Å². The molecule has 0 aromatic heterocycles. The van der Waals surface area contributed by atoms with Crippen LogP contribution in [0, 0.1) is 5.82 Å². The zero-order valence-corrected chi connectivity index (χ0v) is 7.44. The normalized spacial score (nSPS) is 9.77. The molecule has 0 spiro atoms. The summed E-state index contributed by atoms with van der Waals surface area (Å²) in [7, 11) is 0. The highest BCUT2D eigenvalue weighted by Gasteiger charge is 2.07. The number of hydrazine groups is 1. The van der Waals surface area contributed by atoms with E-state index in [4.69, 9.17) is 17.4 Å². The summed E-state index contributed by atoms with van der Waals surface area (Å²) >= 11 is 5.61. The molecule has 70 valence electrons. The molecule has 0 radical (unpaired) electrons. The fourth-order valence-electron chi connectivity index (χ4n) is 0.903. The smallest absolute Gasteiger partial charge is 0.238 e. The van der Waals surface area contributed by atoms with E-state index in [9.17, 15) is 9.18 Å². The molecule has 1 amide bonds. The lowest BCUT2D eigenvalue weighted by molar-refractivity contribution is -0.120. The number of carbonyl (C=O) groups excluding carboxylic acids is 1. The van der Waals surface area contributed by atoms with Gasteiger partial charge in [0.15, 0.2) is 0 Å². The van der Waals surface area contributed by atoms with Crippen molar-refractivity contribution in [2.75, 3.05) is 0 Å². The molecule has 1 aromatic carbocycles. The molecule has 0 bridgehead atoms. The molecule has 5 heteroatoms. The molecule has 0 heterocycles. The van der Waals surface area contributed by atoms with E-state index < -0.39 is 11.7 Å². The van der Waals surface area contributed by atoms with Crippen LogP contribution < -0.4 is 11.3 Å². The minimum Gasteiger partial charge on any atom is -0.294 e. The van der Waals surface area contributed by atoms with Crippen LogP contribution in [0.25, 0.3) is 0 Å². The number of rotatable bonds is 2. The van der Waals surface area contributed by atoms with Crippen LogP contribution >= 0.6 is 11.6 Å². The Hall–Kier alpha value is -1.13. The summed E-state index contributed by atoms with van der Waals surface area (Å²) in [5.74, 6) is 3.93. The quantitative estimate of drug-likeness (QED) is 0.427. The first-order valence-electron chi connectivity index (χ1n) is 3.57. The third-order valence-corrected chi connectivity index (χ3v) is 1.75. The molecule has 0 saturated heterocycles. The third-order valence-electron chi connectivity index (χ3n) is 1.52. The first-order chi connectivity index (χ1) is 6.13. The minimum atomic E-state index is -0.465. The van der Waals surface area contributed by atoms with Crippen LogP contribution in [0.15, 0.2) is 18.2 Å². The predicted molar refractivity (Wildman–Crippen MR) is 47.4 cm³/mol. The lowest BCUT2D eigenvalue weighted by atomic mass is 10.1. The Kier molecular flexibility index (Phi) is 3.22. The zero-order chi connectivity index (χ0) is 9.84. The van der Waals surface area contributed by atoms with Gasteiger partial charge < -0.3 is 0 Å². The van der Waals surface area contributed by atoms with Gasteiger partial charge in [0, 0.05) is 5.02 Å². The molecule has 0 atom stereocenters. The van der Waals surface area contributed by atoms with Gasteiger partial charge in [-0.05, 0) is 23.8 Å². The monoisotopic (exact) mass is 202 g/mol. The fourth-order valence-corrected chi connectivity index (χ4v) is 1.10. The van der Waals surface area contributed by atoms with Crippen LogP contribution in [-0.2, 0) is 11.2 Å². The van der Waals surface area contributed by atoms with Crippen molar-refractivity contribution in [2.45, 2.75) is 6.42 Å². The van der Waals surface area contributed by atoms with E-state index in [0.29, 0.717) is 5.02 Å². The van der Waals surface area contributed by atoms with Gasteiger partial charge in [-0.1, -0.05) is 11.6 Å². The zero-order valence-electron chi connectivity index (χ0n) is 6.68. The van der Waals surface area contributed by atoms with E-state index in [2.05, 4.69) is 0 Å². The summed E-state index contributed by atoms with van der Waals surface area (Å²) in [6, 6.07) is 4.02. The molecule has 0 unspecified atom stereocenters. The summed E-state index contributed by atoms with van der Waals surface area (Å²) < 4.78 is 13.0. The van der Waals surface area contributed by atoms with Crippen molar-refractivity contribution in [2.24, 2.45) is 5.84 Å². The van der Waals surface area contributed by atoms with Crippen LogP contribution in [0.2, 0.25) is 5.02 Å². The second kappa shape index (κ2) is 4.20. The van der Waals surface area contributed by atoms with Crippen LogP contribution in [0.1, 0.15) is 5.56 Å². The average Bonchev–Trinajstić information content (AvgIpc) is 2.11. The van der Waals surface area contributed by atoms with Gasteiger partial charge in [-0.3, -0.25) is 10.2 Å². The van der Waals surface area contributed by atoms with Gasteiger partial charge >= 0.3 is 0 Å². The van der Waals surface area contributed by atoms with E-state index in [0.717, 1.165) is 0 Å². The van der Waals surface area contributed by atoms with E-state index in [1.807, 2.05) is 5.43 Å². The van der Waals surface area contributed by atoms with E-state index in [1.54, 1.807) is 0 Å². The molecule has 0 saturated carbocycles. The molecule has 0 aliphatic heterocycles. The topological polar surface area (TPSA) is 55.1 Å². The number of benzene rings is 1. The van der Waals surface area contributed by atoms with Crippen molar-refractivity contribution < 1.29 is 9.18 Å². The summed E-state index contributed by atoms with van der Waals surface area (Å²) in [6.45, 7) is 0. The van der Waals surface area contributed by atoms with Gasteiger partial charge in [-0.2, -0.15) is 0 Å². The maximum atomic E-state index is 13.0. The van der Waals surface area contributed by atoms with Crippen LogP contribution in [0.4, 0.5) is 4.39 Å². The number of nitrogens with one attached hydrogen (secondary N) is 1. The highest BCUT2D eigenvalue weighted by atomic mass is 35.5. The molecular formula is C8H8ClFN2O. The lowest BCUT2D eigenvalue weighted by Gasteiger charge is -2.02. The molecule has 0 aliphatic rings. The molecule has 0 fully saturated rings. The number of hydrogen-bond donors (Lipinski definition) is 2. The molecule has 1 rings (SSSR count). The van der Waals surface area contributed by atoms with Crippen molar-refractivity contribution in [1.29, 1.82) is 0 Å². The third kappa shape index (κ3) is 2.68. The van der Waals surface area contributed by atoms with Gasteiger partial charge in [0.1, 0.15) is 5.82 Å². The molecular weight excluding hydrogens is 195 g/mol. The Morgan fingerprint density at radius 2 is 2.31 bits per heavy atom. The van der Waals surface area contributed by atoms with Gasteiger partial charge in [-0.15, -0.1) is 0 Å². The molecule has 3 N–H and O–H groups in total. The van der Waals surface area contributed by atoms with E-state index in [-0.39, 0.29) is 12.0 Å². The highest BCUT2D eigenvalue weighted by Crippen LogP contribution is 2.15. The number of hydrogen-bond acceptors (Lipinski definition) is 2. The van der Waals surface area contributed by atoms with Crippen molar-refractivity contribution in [3.05, 3.63) is 34.6 Å². The van der Waals surface area contributed by atoms with Gasteiger partial charge in [-0.25, -0.2) is 10.2 Å². The van der Waals surface area contributed by atoms with E-state index in [1.165, 1.54) is 18.2 Å². The maximum absolute atomic E-state index is 13.0. The van der Waals surface area contributed by atoms with Gasteiger partial charge in [0.25, 0.3) is 0 Å². The van der Waals surface area contributed by atoms with Crippen LogP contribution in [-0.4, -0.2) is 5.91 Å². The second-order valence-electron chi connectivity index (χ2n) is 2.48. The fraction of sp³-hybridized carbons (Fsp3) is 0.125. The summed E-state index contributed by atoms with van der Waals surface area (Å²) in [4.78, 5) is 10.8. The molecule has 0 aliphatic carbocycles. The maximum Gasteiger partial charge on any atom is 0.238 e. The minimum absolute atomic E-state index is 0.108. The summed E-state index contributed by atoms with van der Waals surface area (Å²) in [5.41, 5.74) is 2.14. The van der Waals surface area contributed by atoms with Crippen molar-refractivity contribution in [3.63, 3.8) is 0 Å². The Balaban J connectivity index is 2.87. The number of carbonyl (C=O) groups is 1. The highest BCUT2D eigenvalue weighted by molar-refractivity contribution is 6.30. The summed E-state index contributed by atoms with van der Waals surface area (Å²) in [6.07, 6.45) is -0.108. The van der Waals surface area contributed by atoms with Crippen LogP contribution in [0.5, 0.6) is 0 Å². The van der Waals surface area contributed by atoms with Crippen LogP contribution in [0.3, 0.4) is 0 Å². The standard InChI is InChI=1S/C8H8ClFN2O/c9-6-1-2-7(10)5(3-6)4-8(13)12-11/h1-3H,4,11H2,(H,12,13). The Bertz CT molecular complexity index is 330. The van der Waals surface area contributed by atoms with Crippen molar-refractivity contribution in [3.8, 4) is 0 Å². The second-order valence-corrected chi connectivity index (χ2v) is 2.92. The Labute approximate surface area is 79.7 Å².